The number of hydrogen-bond donors (Lipinski definition) is 4. The van der Waals surface area contributed by atoms with Crippen LogP contribution in [0.5, 0.6) is 0 Å². The van der Waals surface area contributed by atoms with Crippen molar-refractivity contribution in [2.75, 3.05) is 54.4 Å². The van der Waals surface area contributed by atoms with Crippen LogP contribution in [-0.4, -0.2) is 98.1 Å². The number of carboxylic acid groups (broad SMARTS) is 2. The molecule has 0 bridgehead atoms. The lowest BCUT2D eigenvalue weighted by atomic mass is 9.84. The SMILES string of the molecule is CN(C)CCNC(=O)c1cc(Cl)c2c3c(Cl)cc(C(=O)O)c4c(C(=O)O)cc(Cl)c(c5c(Cl)cc(C(=O)NCCN(C)C)c1c25)c43. The molecule has 5 aromatic carbocycles. The van der Waals surface area contributed by atoms with Crippen LogP contribution in [0.2, 0.25) is 20.1 Å². The predicted molar refractivity (Wildman–Crippen MR) is 183 cm³/mol. The van der Waals surface area contributed by atoms with E-state index in [1.54, 1.807) is 0 Å². The third kappa shape index (κ3) is 5.74. The van der Waals surface area contributed by atoms with Gasteiger partial charge in [-0.05, 0) is 52.5 Å². The second kappa shape index (κ2) is 12.9. The molecule has 10 nitrogen and oxygen atoms in total. The number of hydrogen-bond acceptors (Lipinski definition) is 6. The quantitative estimate of drug-likeness (QED) is 0.0977. The van der Waals surface area contributed by atoms with Crippen molar-refractivity contribution in [2.45, 2.75) is 0 Å². The standard InChI is InChI=1S/C32H28Cl4N4O6/c1-39(2)7-5-37-29(41)13-9-17(33)23-25-19(35)11-15(31(43)44)22-16(32(45)46)12-20(36)26(28(22)25)24-18(34)10-14(21(13)27(23)24)30(42)38-6-8-40(3)4/h9-12H,5-8H2,1-4H3,(H,37,41)(H,38,42)(H,43,44)(H,45,46). The summed E-state index contributed by atoms with van der Waals surface area (Å²) in [5, 5.41) is 27.3. The molecule has 0 aliphatic carbocycles. The van der Waals surface area contributed by atoms with Gasteiger partial charge in [-0.3, -0.25) is 9.59 Å². The highest BCUT2D eigenvalue weighted by molar-refractivity contribution is 6.55. The van der Waals surface area contributed by atoms with E-state index < -0.39 is 23.8 Å². The summed E-state index contributed by atoms with van der Waals surface area (Å²) in [5.74, 6) is -3.82. The zero-order chi connectivity index (χ0) is 33.8. The first kappa shape index (κ1) is 33.7. The lowest BCUT2D eigenvalue weighted by molar-refractivity contribution is 0.0695. The maximum Gasteiger partial charge on any atom is 0.336 e. The number of likely N-dealkylation sites (N-methyl/N-ethyl adjacent to an activating group) is 2. The van der Waals surface area contributed by atoms with Gasteiger partial charge in [0.1, 0.15) is 0 Å². The highest BCUT2D eigenvalue weighted by atomic mass is 35.5. The fraction of sp³-hybridized carbons (Fsp3) is 0.250. The summed E-state index contributed by atoms with van der Waals surface area (Å²) in [5.41, 5.74) is -0.538. The van der Waals surface area contributed by atoms with Gasteiger partial charge in [-0.25, -0.2) is 9.59 Å². The van der Waals surface area contributed by atoms with Gasteiger partial charge in [0, 0.05) is 100 Å². The second-order valence-electron chi connectivity index (χ2n) is 11.4. The van der Waals surface area contributed by atoms with Crippen LogP contribution >= 0.6 is 46.4 Å². The van der Waals surface area contributed by atoms with E-state index in [9.17, 15) is 29.4 Å². The molecule has 5 rings (SSSR count). The van der Waals surface area contributed by atoms with Gasteiger partial charge in [0.05, 0.1) is 11.1 Å². The average Bonchev–Trinajstić information content (AvgIpc) is 2.96. The Morgan fingerprint density at radius 2 is 0.804 bits per heavy atom. The van der Waals surface area contributed by atoms with Gasteiger partial charge in [-0.1, -0.05) is 46.4 Å². The molecular formula is C32H28Cl4N4O6. The summed E-state index contributed by atoms with van der Waals surface area (Å²) in [4.78, 5) is 56.1. The molecule has 0 fully saturated rings. The molecule has 0 spiro atoms. The lowest BCUT2D eigenvalue weighted by Crippen LogP contribution is -2.33. The molecule has 5 aromatic rings. The van der Waals surface area contributed by atoms with E-state index in [-0.39, 0.29) is 80.0 Å². The van der Waals surface area contributed by atoms with Crippen molar-refractivity contribution in [1.29, 1.82) is 0 Å². The Bertz CT molecular complexity index is 1970. The van der Waals surface area contributed by atoms with Crippen LogP contribution in [-0.2, 0) is 0 Å². The third-order valence-corrected chi connectivity index (χ3v) is 8.95. The number of carbonyl (C=O) groups excluding carboxylic acids is 2. The number of carboxylic acids is 2. The average molecular weight is 706 g/mol. The molecule has 4 N–H and O–H groups in total. The van der Waals surface area contributed by atoms with Crippen LogP contribution in [0.15, 0.2) is 24.3 Å². The molecule has 0 aliphatic rings. The van der Waals surface area contributed by atoms with Crippen molar-refractivity contribution < 1.29 is 29.4 Å². The van der Waals surface area contributed by atoms with Gasteiger partial charge in [-0.15, -0.1) is 0 Å². The number of nitrogens with one attached hydrogen (secondary N) is 2. The Balaban J connectivity index is 2.02. The minimum atomic E-state index is -1.41. The van der Waals surface area contributed by atoms with Crippen molar-refractivity contribution in [3.8, 4) is 0 Å². The zero-order valence-corrected chi connectivity index (χ0v) is 28.1. The number of rotatable bonds is 10. The predicted octanol–water partition coefficient (Wildman–Crippen LogP) is 6.33. The Morgan fingerprint density at radius 1 is 0.522 bits per heavy atom. The van der Waals surface area contributed by atoms with Crippen molar-refractivity contribution >= 4 is 113 Å². The summed E-state index contributed by atoms with van der Waals surface area (Å²) < 4.78 is 0. The van der Waals surface area contributed by atoms with Crippen molar-refractivity contribution in [3.63, 3.8) is 0 Å². The molecule has 240 valence electrons. The molecule has 0 atom stereocenters. The Morgan fingerprint density at radius 3 is 1.09 bits per heavy atom. The number of nitrogens with zero attached hydrogens (tertiary/aromatic N) is 2. The van der Waals surface area contributed by atoms with Crippen LogP contribution in [0.3, 0.4) is 0 Å². The molecule has 0 heterocycles. The van der Waals surface area contributed by atoms with E-state index in [0.717, 1.165) is 12.1 Å². The molecule has 46 heavy (non-hydrogen) atoms. The molecule has 2 amide bonds. The molecule has 0 saturated heterocycles. The molecular weight excluding hydrogens is 678 g/mol. The number of halogens is 4. The molecule has 0 unspecified atom stereocenters. The first-order valence-corrected chi connectivity index (χ1v) is 15.5. The van der Waals surface area contributed by atoms with Crippen LogP contribution in [0.4, 0.5) is 0 Å². The minimum absolute atomic E-state index is 0.0431. The van der Waals surface area contributed by atoms with Crippen molar-refractivity contribution in [1.82, 2.24) is 20.4 Å². The largest absolute Gasteiger partial charge is 0.478 e. The molecule has 0 aliphatic heterocycles. The minimum Gasteiger partial charge on any atom is -0.478 e. The normalized spacial score (nSPS) is 11.9. The van der Waals surface area contributed by atoms with Gasteiger partial charge >= 0.3 is 11.9 Å². The third-order valence-electron chi connectivity index (χ3n) is 7.76. The number of amides is 2. The monoisotopic (exact) mass is 704 g/mol. The molecule has 0 aromatic heterocycles. The van der Waals surface area contributed by atoms with E-state index in [0.29, 0.717) is 31.6 Å². The maximum absolute atomic E-state index is 13.8. The van der Waals surface area contributed by atoms with E-state index in [2.05, 4.69) is 10.6 Å². The van der Waals surface area contributed by atoms with E-state index in [1.165, 1.54) is 12.1 Å². The first-order chi connectivity index (χ1) is 21.6. The number of aromatic carboxylic acids is 2. The van der Waals surface area contributed by atoms with Gasteiger partial charge < -0.3 is 30.6 Å². The Labute approximate surface area is 283 Å². The second-order valence-corrected chi connectivity index (χ2v) is 13.0. The van der Waals surface area contributed by atoms with Crippen LogP contribution < -0.4 is 10.6 Å². The van der Waals surface area contributed by atoms with Crippen molar-refractivity contribution in [2.24, 2.45) is 0 Å². The Kier molecular flexibility index (Phi) is 9.43. The van der Waals surface area contributed by atoms with E-state index in [4.69, 9.17) is 46.4 Å². The molecule has 0 radical (unpaired) electrons. The summed E-state index contributed by atoms with van der Waals surface area (Å²) in [6, 6.07) is 5.14. The van der Waals surface area contributed by atoms with Crippen LogP contribution in [0.25, 0.3) is 43.1 Å². The van der Waals surface area contributed by atoms with Gasteiger partial charge in [0.25, 0.3) is 11.8 Å². The van der Waals surface area contributed by atoms with Crippen LogP contribution in [0.1, 0.15) is 41.4 Å². The lowest BCUT2D eigenvalue weighted by Gasteiger charge is -2.23. The van der Waals surface area contributed by atoms with Crippen LogP contribution in [0, 0.1) is 0 Å². The number of fused-ring (bicyclic) bond motifs is 2. The van der Waals surface area contributed by atoms with E-state index in [1.807, 2.05) is 38.0 Å². The van der Waals surface area contributed by atoms with Crippen molar-refractivity contribution in [3.05, 3.63) is 66.6 Å². The van der Waals surface area contributed by atoms with Gasteiger partial charge in [0.15, 0.2) is 0 Å². The number of carbonyl (C=O) groups is 4. The Hall–Kier alpha value is -3.64. The molecule has 14 heteroatoms. The molecule has 0 saturated carbocycles. The number of benzene rings is 5. The topological polar surface area (TPSA) is 139 Å². The maximum atomic E-state index is 13.8. The zero-order valence-electron chi connectivity index (χ0n) is 25.1. The first-order valence-electron chi connectivity index (χ1n) is 14.0. The summed E-state index contributed by atoms with van der Waals surface area (Å²) in [7, 11) is 7.45. The fourth-order valence-corrected chi connectivity index (χ4v) is 6.98. The van der Waals surface area contributed by atoms with Gasteiger partial charge in [0.2, 0.25) is 0 Å². The fourth-order valence-electron chi connectivity index (χ4n) is 5.79. The summed E-state index contributed by atoms with van der Waals surface area (Å²) in [6.45, 7) is 1.69. The summed E-state index contributed by atoms with van der Waals surface area (Å²) in [6.07, 6.45) is 0. The summed E-state index contributed by atoms with van der Waals surface area (Å²) >= 11 is 27.5. The van der Waals surface area contributed by atoms with E-state index >= 15 is 0 Å². The van der Waals surface area contributed by atoms with Gasteiger partial charge in [-0.2, -0.15) is 0 Å². The highest BCUT2D eigenvalue weighted by Crippen LogP contribution is 2.52. The highest BCUT2D eigenvalue weighted by Gasteiger charge is 2.31. The smallest absolute Gasteiger partial charge is 0.336 e.